The number of carbonyl (C=O) groups excluding carboxylic acids is 3. The van der Waals surface area contributed by atoms with Crippen LogP contribution < -0.4 is 9.47 Å². The Balaban J connectivity index is 1.81. The molecule has 1 aliphatic heterocycles. The van der Waals surface area contributed by atoms with Gasteiger partial charge in [-0.3, -0.25) is 14.4 Å². The molecule has 1 amide bonds. The highest BCUT2D eigenvalue weighted by Crippen LogP contribution is 2.24. The molecule has 0 saturated carbocycles. The summed E-state index contributed by atoms with van der Waals surface area (Å²) in [4.78, 5) is 37.7. The maximum atomic E-state index is 13.2. The minimum absolute atomic E-state index is 0.165. The van der Waals surface area contributed by atoms with Crippen LogP contribution in [0.1, 0.15) is 38.0 Å². The van der Waals surface area contributed by atoms with Gasteiger partial charge < -0.3 is 19.1 Å². The largest absolute Gasteiger partial charge is 0.493 e. The summed E-state index contributed by atoms with van der Waals surface area (Å²) in [6.45, 7) is 3.45. The van der Waals surface area contributed by atoms with E-state index in [9.17, 15) is 14.4 Å². The van der Waals surface area contributed by atoms with Gasteiger partial charge in [0.05, 0.1) is 42.6 Å². The first-order chi connectivity index (χ1) is 14.2. The highest BCUT2D eigenvalue weighted by molar-refractivity contribution is 6.03. The maximum Gasteiger partial charge on any atom is 0.255 e. The average molecular weight is 397 g/mol. The summed E-state index contributed by atoms with van der Waals surface area (Å²) in [6.07, 6.45) is 1.37. The van der Waals surface area contributed by atoms with Crippen LogP contribution in [-0.4, -0.2) is 62.4 Å². The van der Waals surface area contributed by atoms with Crippen LogP contribution in [0.3, 0.4) is 0 Å². The van der Waals surface area contributed by atoms with Gasteiger partial charge in [0.15, 0.2) is 12.6 Å². The third-order valence-corrected chi connectivity index (χ3v) is 4.68. The number of hydrogen-bond donors (Lipinski definition) is 0. The smallest absolute Gasteiger partial charge is 0.255 e. The van der Waals surface area contributed by atoms with Gasteiger partial charge in [-0.1, -0.05) is 18.2 Å². The molecule has 7 heteroatoms. The monoisotopic (exact) mass is 397 g/mol. The molecule has 1 saturated heterocycles. The Labute approximate surface area is 169 Å². The van der Waals surface area contributed by atoms with Crippen molar-refractivity contribution in [2.75, 3.05) is 33.0 Å². The van der Waals surface area contributed by atoms with Crippen molar-refractivity contribution in [1.82, 2.24) is 4.90 Å². The van der Waals surface area contributed by atoms with Crippen molar-refractivity contribution in [3.63, 3.8) is 0 Å². The number of amides is 1. The first kappa shape index (κ1) is 20.5. The topological polar surface area (TPSA) is 82.1 Å². The fourth-order valence-corrected chi connectivity index (χ4v) is 3.24. The summed E-state index contributed by atoms with van der Waals surface area (Å²) in [7, 11) is 0. The quantitative estimate of drug-likeness (QED) is 0.637. The van der Waals surface area contributed by atoms with Crippen LogP contribution in [0.25, 0.3) is 0 Å². The highest BCUT2D eigenvalue weighted by Gasteiger charge is 2.30. The maximum absolute atomic E-state index is 13.2. The van der Waals surface area contributed by atoms with Gasteiger partial charge in [-0.05, 0) is 31.2 Å². The lowest BCUT2D eigenvalue weighted by atomic mass is 10.0. The second-order valence-corrected chi connectivity index (χ2v) is 6.46. The molecule has 0 N–H and O–H groups in total. The van der Waals surface area contributed by atoms with Crippen molar-refractivity contribution in [2.45, 2.75) is 13.0 Å². The van der Waals surface area contributed by atoms with Crippen molar-refractivity contribution in [3.05, 3.63) is 59.2 Å². The minimum Gasteiger partial charge on any atom is -0.493 e. The molecule has 152 valence electrons. The van der Waals surface area contributed by atoms with Gasteiger partial charge in [0.25, 0.3) is 5.91 Å². The number of carbonyl (C=O) groups is 3. The van der Waals surface area contributed by atoms with Gasteiger partial charge in [-0.2, -0.15) is 0 Å². The van der Waals surface area contributed by atoms with Gasteiger partial charge >= 0.3 is 0 Å². The molecular formula is C22H23NO6. The zero-order chi connectivity index (χ0) is 20.6. The van der Waals surface area contributed by atoms with Crippen LogP contribution in [0.15, 0.2) is 42.5 Å². The molecule has 1 fully saturated rings. The van der Waals surface area contributed by atoms with Crippen LogP contribution in [0, 0.1) is 0 Å². The van der Waals surface area contributed by atoms with E-state index in [0.29, 0.717) is 49.7 Å². The predicted molar refractivity (Wildman–Crippen MR) is 106 cm³/mol. The van der Waals surface area contributed by atoms with Gasteiger partial charge in [0, 0.05) is 6.54 Å². The molecule has 0 radical (unpaired) electrons. The van der Waals surface area contributed by atoms with E-state index in [1.165, 1.54) is 0 Å². The van der Waals surface area contributed by atoms with Gasteiger partial charge in [0.2, 0.25) is 0 Å². The molecule has 0 spiro atoms. The lowest BCUT2D eigenvalue weighted by Gasteiger charge is -2.35. The molecule has 29 heavy (non-hydrogen) atoms. The van der Waals surface area contributed by atoms with Crippen LogP contribution in [0.2, 0.25) is 0 Å². The van der Waals surface area contributed by atoms with E-state index in [1.54, 1.807) is 47.4 Å². The number of rotatable bonds is 8. The predicted octanol–water partition coefficient (Wildman–Crippen LogP) is 2.63. The second kappa shape index (κ2) is 9.84. The number of aldehydes is 2. The first-order valence-corrected chi connectivity index (χ1v) is 9.46. The van der Waals surface area contributed by atoms with Crippen molar-refractivity contribution in [1.29, 1.82) is 0 Å². The number of benzene rings is 2. The van der Waals surface area contributed by atoms with E-state index >= 15 is 0 Å². The van der Waals surface area contributed by atoms with Crippen LogP contribution >= 0.6 is 0 Å². The summed E-state index contributed by atoms with van der Waals surface area (Å²) in [5.41, 5.74) is 0.956. The van der Waals surface area contributed by atoms with E-state index in [-0.39, 0.29) is 29.7 Å². The fourth-order valence-electron chi connectivity index (χ4n) is 3.24. The average Bonchev–Trinajstić information content (AvgIpc) is 2.77. The van der Waals surface area contributed by atoms with Crippen LogP contribution in [0.5, 0.6) is 11.5 Å². The molecule has 0 aromatic heterocycles. The van der Waals surface area contributed by atoms with Crippen molar-refractivity contribution < 1.29 is 28.6 Å². The minimum atomic E-state index is -0.355. The molecular weight excluding hydrogens is 374 g/mol. The summed E-state index contributed by atoms with van der Waals surface area (Å²) >= 11 is 0. The SMILES string of the molecule is CCOc1cccc(C(=O)N2CCOCC2COc2ccccc2C=O)c1C=O. The third kappa shape index (κ3) is 4.63. The zero-order valence-corrected chi connectivity index (χ0v) is 16.2. The summed E-state index contributed by atoms with van der Waals surface area (Å²) < 4.78 is 16.8. The number of ether oxygens (including phenoxy) is 3. The van der Waals surface area contributed by atoms with E-state index < -0.39 is 0 Å². The Kier molecular flexibility index (Phi) is 6.97. The molecule has 1 unspecified atom stereocenters. The highest BCUT2D eigenvalue weighted by atomic mass is 16.5. The molecule has 7 nitrogen and oxygen atoms in total. The third-order valence-electron chi connectivity index (χ3n) is 4.68. The summed E-state index contributed by atoms with van der Waals surface area (Å²) in [5, 5.41) is 0. The molecule has 1 aliphatic rings. The normalized spacial score (nSPS) is 16.2. The van der Waals surface area contributed by atoms with Crippen molar-refractivity contribution in [2.24, 2.45) is 0 Å². The van der Waals surface area contributed by atoms with E-state index in [0.717, 1.165) is 6.29 Å². The standard InChI is InChI=1S/C22H23NO6/c1-2-28-21-9-5-7-18(19(21)13-25)22(26)23-10-11-27-14-17(23)15-29-20-8-4-3-6-16(20)12-24/h3-9,12-13,17H,2,10-11,14-15H2,1H3. The fraction of sp³-hybridized carbons (Fsp3) is 0.318. The molecule has 3 rings (SSSR count). The van der Waals surface area contributed by atoms with Crippen LogP contribution in [0.4, 0.5) is 0 Å². The number of hydrogen-bond acceptors (Lipinski definition) is 6. The summed E-state index contributed by atoms with van der Waals surface area (Å²) in [6, 6.07) is 11.5. The van der Waals surface area contributed by atoms with Gasteiger partial charge in [-0.15, -0.1) is 0 Å². The van der Waals surface area contributed by atoms with Crippen molar-refractivity contribution in [3.8, 4) is 11.5 Å². The van der Waals surface area contributed by atoms with E-state index in [2.05, 4.69) is 0 Å². The Morgan fingerprint density at radius 3 is 2.66 bits per heavy atom. The number of morpholine rings is 1. The van der Waals surface area contributed by atoms with Crippen LogP contribution in [-0.2, 0) is 4.74 Å². The Bertz CT molecular complexity index is 881. The molecule has 1 atom stereocenters. The van der Waals surface area contributed by atoms with E-state index in [4.69, 9.17) is 14.2 Å². The first-order valence-electron chi connectivity index (χ1n) is 9.46. The van der Waals surface area contributed by atoms with Gasteiger partial charge in [-0.25, -0.2) is 0 Å². The molecule has 0 bridgehead atoms. The Hall–Kier alpha value is -3.19. The molecule has 2 aromatic rings. The Morgan fingerprint density at radius 2 is 1.90 bits per heavy atom. The van der Waals surface area contributed by atoms with E-state index in [1.807, 2.05) is 6.92 Å². The van der Waals surface area contributed by atoms with Crippen molar-refractivity contribution >= 4 is 18.5 Å². The second-order valence-electron chi connectivity index (χ2n) is 6.46. The molecule has 2 aromatic carbocycles. The zero-order valence-electron chi connectivity index (χ0n) is 16.2. The number of nitrogens with zero attached hydrogens (tertiary/aromatic N) is 1. The molecule has 1 heterocycles. The molecule has 0 aliphatic carbocycles. The lowest BCUT2D eigenvalue weighted by Crippen LogP contribution is -2.51. The Morgan fingerprint density at radius 1 is 1.10 bits per heavy atom. The lowest BCUT2D eigenvalue weighted by molar-refractivity contribution is -0.0151. The summed E-state index contributed by atoms with van der Waals surface area (Å²) in [5.74, 6) is 0.552. The van der Waals surface area contributed by atoms with Gasteiger partial charge in [0.1, 0.15) is 18.1 Å². The number of para-hydroxylation sites is 1.